The number of hydrogen-bond donors (Lipinski definition) is 1. The Morgan fingerprint density at radius 2 is 1.86 bits per heavy atom. The topological polar surface area (TPSA) is 94.3 Å². The van der Waals surface area contributed by atoms with Gasteiger partial charge in [0.15, 0.2) is 11.2 Å². The van der Waals surface area contributed by atoms with Crippen LogP contribution in [0.25, 0.3) is 28.1 Å². The van der Waals surface area contributed by atoms with Crippen molar-refractivity contribution in [3.63, 3.8) is 0 Å². The zero-order valence-corrected chi connectivity index (χ0v) is 14.9. The first-order valence-electron chi connectivity index (χ1n) is 8.74. The first kappa shape index (κ1) is 16.9. The van der Waals surface area contributed by atoms with Gasteiger partial charge in [-0.2, -0.15) is 9.67 Å². The quantitative estimate of drug-likeness (QED) is 0.506. The van der Waals surface area contributed by atoms with E-state index in [0.29, 0.717) is 22.8 Å². The monoisotopic (exact) mass is 384 g/mol. The summed E-state index contributed by atoms with van der Waals surface area (Å²) in [5.41, 5.74) is 3.97. The molecule has 5 aromatic rings. The molecule has 1 N–H and O–H groups in total. The molecule has 0 aliphatic rings. The van der Waals surface area contributed by atoms with Gasteiger partial charge < -0.3 is 5.32 Å². The Labute approximate surface area is 164 Å². The van der Waals surface area contributed by atoms with Crippen molar-refractivity contribution in [3.05, 3.63) is 79.1 Å². The van der Waals surface area contributed by atoms with Crippen molar-refractivity contribution in [3.8, 4) is 16.9 Å². The SMILES string of the molecule is Fc1cccc(-n2nnc3cnc(Nc4cccc(-c5cnccn5)c4)nc32)c1. The van der Waals surface area contributed by atoms with Crippen molar-refractivity contribution in [2.75, 3.05) is 5.32 Å². The summed E-state index contributed by atoms with van der Waals surface area (Å²) in [5, 5.41) is 11.3. The van der Waals surface area contributed by atoms with Crippen LogP contribution in [0.15, 0.2) is 73.3 Å². The molecule has 2 aromatic carbocycles. The first-order valence-corrected chi connectivity index (χ1v) is 8.74. The Bertz CT molecular complexity index is 1300. The lowest BCUT2D eigenvalue weighted by atomic mass is 10.1. The van der Waals surface area contributed by atoms with Gasteiger partial charge in [0, 0.05) is 23.6 Å². The highest BCUT2D eigenvalue weighted by Gasteiger charge is 2.11. The van der Waals surface area contributed by atoms with Crippen molar-refractivity contribution in [1.82, 2.24) is 34.9 Å². The van der Waals surface area contributed by atoms with E-state index in [1.165, 1.54) is 16.8 Å². The standard InChI is InChI=1S/C20H13FN8/c21-14-4-2-6-16(10-14)29-19-18(27-28-29)12-24-20(26-19)25-15-5-1-3-13(9-15)17-11-22-7-8-23-17/h1-12H,(H,24,25,26). The minimum atomic E-state index is -0.362. The number of hydrogen-bond acceptors (Lipinski definition) is 7. The van der Waals surface area contributed by atoms with Crippen LogP contribution in [0.4, 0.5) is 16.0 Å². The predicted molar refractivity (Wildman–Crippen MR) is 105 cm³/mol. The van der Waals surface area contributed by atoms with Gasteiger partial charge in [-0.1, -0.05) is 23.4 Å². The lowest BCUT2D eigenvalue weighted by molar-refractivity contribution is 0.625. The summed E-state index contributed by atoms with van der Waals surface area (Å²) in [6.07, 6.45) is 6.54. The van der Waals surface area contributed by atoms with Crippen LogP contribution < -0.4 is 5.32 Å². The number of rotatable bonds is 4. The molecular weight excluding hydrogens is 371 g/mol. The molecule has 0 amide bonds. The molecular formula is C20H13FN8. The van der Waals surface area contributed by atoms with E-state index in [1.54, 1.807) is 36.9 Å². The summed E-state index contributed by atoms with van der Waals surface area (Å²) in [6.45, 7) is 0. The summed E-state index contributed by atoms with van der Waals surface area (Å²) in [6, 6.07) is 13.8. The molecule has 3 heterocycles. The van der Waals surface area contributed by atoms with Crippen LogP contribution in [0.2, 0.25) is 0 Å². The Morgan fingerprint density at radius 3 is 2.72 bits per heavy atom. The number of aromatic nitrogens is 7. The fourth-order valence-corrected chi connectivity index (χ4v) is 2.90. The molecule has 0 atom stereocenters. The molecule has 0 saturated heterocycles. The molecule has 0 bridgehead atoms. The van der Waals surface area contributed by atoms with E-state index in [4.69, 9.17) is 0 Å². The molecule has 0 unspecified atom stereocenters. The third kappa shape index (κ3) is 3.36. The van der Waals surface area contributed by atoms with Gasteiger partial charge in [-0.05, 0) is 30.3 Å². The van der Waals surface area contributed by atoms with E-state index in [1.807, 2.05) is 24.3 Å². The van der Waals surface area contributed by atoms with Gasteiger partial charge in [0.1, 0.15) is 5.82 Å². The average Bonchev–Trinajstić information content (AvgIpc) is 3.18. The third-order valence-electron chi connectivity index (χ3n) is 4.22. The zero-order chi connectivity index (χ0) is 19.6. The van der Waals surface area contributed by atoms with Crippen LogP contribution in [0.3, 0.4) is 0 Å². The van der Waals surface area contributed by atoms with Crippen LogP contribution in [0, 0.1) is 5.82 Å². The molecule has 0 fully saturated rings. The van der Waals surface area contributed by atoms with Crippen molar-refractivity contribution >= 4 is 22.8 Å². The Morgan fingerprint density at radius 1 is 0.931 bits per heavy atom. The molecule has 0 spiro atoms. The maximum absolute atomic E-state index is 13.6. The van der Waals surface area contributed by atoms with Crippen LogP contribution in [-0.4, -0.2) is 34.9 Å². The summed E-state index contributed by atoms with van der Waals surface area (Å²) in [7, 11) is 0. The van der Waals surface area contributed by atoms with Crippen molar-refractivity contribution in [1.29, 1.82) is 0 Å². The molecule has 0 aliphatic carbocycles. The van der Waals surface area contributed by atoms with E-state index in [9.17, 15) is 4.39 Å². The van der Waals surface area contributed by atoms with Crippen LogP contribution in [-0.2, 0) is 0 Å². The van der Waals surface area contributed by atoms with Gasteiger partial charge in [-0.25, -0.2) is 9.37 Å². The van der Waals surface area contributed by atoms with E-state index < -0.39 is 0 Å². The lowest BCUT2D eigenvalue weighted by Crippen LogP contribution is -2.01. The molecule has 9 heteroatoms. The van der Waals surface area contributed by atoms with E-state index in [-0.39, 0.29) is 5.82 Å². The highest BCUT2D eigenvalue weighted by molar-refractivity contribution is 5.73. The van der Waals surface area contributed by atoms with Gasteiger partial charge in [0.25, 0.3) is 0 Å². The van der Waals surface area contributed by atoms with E-state index in [0.717, 1.165) is 16.9 Å². The van der Waals surface area contributed by atoms with Crippen LogP contribution in [0.1, 0.15) is 0 Å². The summed E-state index contributed by atoms with van der Waals surface area (Å²) in [4.78, 5) is 17.2. The molecule has 3 aromatic heterocycles. The van der Waals surface area contributed by atoms with Crippen molar-refractivity contribution in [2.45, 2.75) is 0 Å². The van der Waals surface area contributed by atoms with Gasteiger partial charge in [0.2, 0.25) is 5.95 Å². The summed E-state index contributed by atoms with van der Waals surface area (Å²) < 4.78 is 15.1. The van der Waals surface area contributed by atoms with Gasteiger partial charge >= 0.3 is 0 Å². The number of halogens is 1. The maximum atomic E-state index is 13.6. The molecule has 0 radical (unpaired) electrons. The Hall–Kier alpha value is -4.27. The van der Waals surface area contributed by atoms with Gasteiger partial charge in [-0.15, -0.1) is 5.10 Å². The lowest BCUT2D eigenvalue weighted by Gasteiger charge is -2.07. The smallest absolute Gasteiger partial charge is 0.229 e. The molecule has 0 aliphatic heterocycles. The zero-order valence-electron chi connectivity index (χ0n) is 14.9. The molecule has 0 saturated carbocycles. The average molecular weight is 384 g/mol. The third-order valence-corrected chi connectivity index (χ3v) is 4.22. The second-order valence-corrected chi connectivity index (χ2v) is 6.18. The van der Waals surface area contributed by atoms with Gasteiger partial charge in [-0.3, -0.25) is 9.97 Å². The largest absolute Gasteiger partial charge is 0.324 e. The van der Waals surface area contributed by atoms with E-state index >= 15 is 0 Å². The van der Waals surface area contributed by atoms with Crippen LogP contribution >= 0.6 is 0 Å². The Kier molecular flexibility index (Phi) is 4.10. The van der Waals surface area contributed by atoms with Crippen molar-refractivity contribution in [2.24, 2.45) is 0 Å². The second kappa shape index (κ2) is 7.04. The molecule has 5 rings (SSSR count). The second-order valence-electron chi connectivity index (χ2n) is 6.18. The van der Waals surface area contributed by atoms with Crippen LogP contribution in [0.5, 0.6) is 0 Å². The number of nitrogens with one attached hydrogen (secondary N) is 1. The number of fused-ring (bicyclic) bond motifs is 1. The normalized spacial score (nSPS) is 10.9. The first-order chi connectivity index (χ1) is 14.3. The highest BCUT2D eigenvalue weighted by Crippen LogP contribution is 2.22. The Balaban J connectivity index is 1.49. The molecule has 8 nitrogen and oxygen atoms in total. The highest BCUT2D eigenvalue weighted by atomic mass is 19.1. The fourth-order valence-electron chi connectivity index (χ4n) is 2.90. The molecule has 140 valence electrons. The predicted octanol–water partition coefficient (Wildman–Crippen LogP) is 3.55. The molecule has 29 heavy (non-hydrogen) atoms. The summed E-state index contributed by atoms with van der Waals surface area (Å²) >= 11 is 0. The number of benzene rings is 2. The minimum absolute atomic E-state index is 0.362. The maximum Gasteiger partial charge on any atom is 0.229 e. The number of anilines is 2. The van der Waals surface area contributed by atoms with Gasteiger partial charge in [0.05, 0.1) is 23.8 Å². The summed E-state index contributed by atoms with van der Waals surface area (Å²) in [5.74, 6) is 0.00753. The minimum Gasteiger partial charge on any atom is -0.324 e. The fraction of sp³-hybridized carbons (Fsp3) is 0. The number of nitrogens with zero attached hydrogens (tertiary/aromatic N) is 7. The van der Waals surface area contributed by atoms with Crippen molar-refractivity contribution < 1.29 is 4.39 Å². The van der Waals surface area contributed by atoms with E-state index in [2.05, 4.69) is 35.6 Å².